The average Bonchev–Trinajstić information content (AvgIpc) is 3.17. The van der Waals surface area contributed by atoms with E-state index in [1.807, 2.05) is 32.0 Å². The lowest BCUT2D eigenvalue weighted by Crippen LogP contribution is -2.34. The molecule has 148 valence electrons. The van der Waals surface area contributed by atoms with Gasteiger partial charge in [0.1, 0.15) is 5.69 Å². The molecule has 0 saturated heterocycles. The number of rotatable bonds is 6. The van der Waals surface area contributed by atoms with Gasteiger partial charge in [0.05, 0.1) is 6.54 Å². The number of carbonyl (C=O) groups excluding carboxylic acids is 2. The predicted octanol–water partition coefficient (Wildman–Crippen LogP) is 2.56. The van der Waals surface area contributed by atoms with E-state index in [1.165, 1.54) is 16.8 Å². The molecule has 0 unspecified atom stereocenters. The van der Waals surface area contributed by atoms with Crippen LogP contribution >= 0.6 is 0 Å². The molecule has 1 aromatic carbocycles. The summed E-state index contributed by atoms with van der Waals surface area (Å²) in [6.45, 7) is 4.11. The predicted molar refractivity (Wildman–Crippen MR) is 107 cm³/mol. The van der Waals surface area contributed by atoms with Crippen molar-refractivity contribution in [2.24, 2.45) is 0 Å². The first kappa shape index (κ1) is 19.8. The number of carbonyl (C=O) groups is 2. The van der Waals surface area contributed by atoms with Gasteiger partial charge in [0, 0.05) is 24.2 Å². The molecule has 0 radical (unpaired) electrons. The van der Waals surface area contributed by atoms with Gasteiger partial charge < -0.3 is 10.6 Å². The first-order chi connectivity index (χ1) is 13.4. The second-order valence-corrected chi connectivity index (χ2v) is 7.33. The standard InChI is InChI=1S/C21H26N4O3/c1-14-7-8-17(13-15(14)2)23-21(28)18-9-10-20(27)25(24-18)12-11-19(26)22-16-5-3-4-6-16/h7-10,13,16H,3-6,11-12H2,1-2H3,(H,22,26)(H,23,28). The fraction of sp³-hybridized carbons (Fsp3) is 0.429. The summed E-state index contributed by atoms with van der Waals surface area (Å²) in [5.74, 6) is -0.488. The van der Waals surface area contributed by atoms with Crippen LogP contribution in [0.5, 0.6) is 0 Å². The maximum Gasteiger partial charge on any atom is 0.276 e. The Morgan fingerprint density at radius 3 is 2.57 bits per heavy atom. The molecule has 1 aromatic heterocycles. The molecule has 28 heavy (non-hydrogen) atoms. The van der Waals surface area contributed by atoms with Crippen LogP contribution < -0.4 is 16.2 Å². The third-order valence-corrected chi connectivity index (χ3v) is 5.13. The van der Waals surface area contributed by atoms with Gasteiger partial charge in [-0.25, -0.2) is 4.68 Å². The SMILES string of the molecule is Cc1ccc(NC(=O)c2ccc(=O)n(CCC(=O)NC3CCCC3)n2)cc1C. The lowest BCUT2D eigenvalue weighted by atomic mass is 10.1. The third-order valence-electron chi connectivity index (χ3n) is 5.13. The zero-order valence-corrected chi connectivity index (χ0v) is 16.3. The van der Waals surface area contributed by atoms with Gasteiger partial charge in [0.2, 0.25) is 5.91 Å². The first-order valence-corrected chi connectivity index (χ1v) is 9.68. The lowest BCUT2D eigenvalue weighted by molar-refractivity contribution is -0.122. The van der Waals surface area contributed by atoms with Crippen molar-refractivity contribution in [1.29, 1.82) is 0 Å². The van der Waals surface area contributed by atoms with Crippen LogP contribution in [-0.4, -0.2) is 27.6 Å². The van der Waals surface area contributed by atoms with E-state index in [2.05, 4.69) is 15.7 Å². The van der Waals surface area contributed by atoms with Gasteiger partial charge in [-0.05, 0) is 56.0 Å². The highest BCUT2D eigenvalue weighted by molar-refractivity contribution is 6.02. The lowest BCUT2D eigenvalue weighted by Gasteiger charge is -2.12. The molecule has 1 heterocycles. The highest BCUT2D eigenvalue weighted by atomic mass is 16.2. The number of benzene rings is 1. The highest BCUT2D eigenvalue weighted by Gasteiger charge is 2.17. The van der Waals surface area contributed by atoms with Crippen LogP contribution in [-0.2, 0) is 11.3 Å². The summed E-state index contributed by atoms with van der Waals surface area (Å²) in [4.78, 5) is 36.6. The van der Waals surface area contributed by atoms with Crippen molar-refractivity contribution in [3.05, 3.63) is 57.5 Å². The Labute approximate surface area is 164 Å². The summed E-state index contributed by atoms with van der Waals surface area (Å²) in [5, 5.41) is 9.90. The number of nitrogens with one attached hydrogen (secondary N) is 2. The van der Waals surface area contributed by atoms with E-state index in [4.69, 9.17) is 0 Å². The van der Waals surface area contributed by atoms with Crippen molar-refractivity contribution in [1.82, 2.24) is 15.1 Å². The number of anilines is 1. The number of nitrogens with zero attached hydrogens (tertiary/aromatic N) is 2. The fourth-order valence-corrected chi connectivity index (χ4v) is 3.32. The van der Waals surface area contributed by atoms with Crippen molar-refractivity contribution in [3.8, 4) is 0 Å². The summed E-state index contributed by atoms with van der Waals surface area (Å²) in [5.41, 5.74) is 2.68. The fourth-order valence-electron chi connectivity index (χ4n) is 3.32. The van der Waals surface area contributed by atoms with E-state index >= 15 is 0 Å². The number of amides is 2. The van der Waals surface area contributed by atoms with Gasteiger partial charge in [-0.2, -0.15) is 5.10 Å². The molecule has 2 N–H and O–H groups in total. The molecule has 3 rings (SSSR count). The number of aryl methyl sites for hydroxylation is 3. The minimum atomic E-state index is -0.396. The Bertz CT molecular complexity index is 929. The molecule has 7 heteroatoms. The Morgan fingerprint density at radius 2 is 1.86 bits per heavy atom. The monoisotopic (exact) mass is 382 g/mol. The van der Waals surface area contributed by atoms with Gasteiger partial charge in [-0.3, -0.25) is 14.4 Å². The van der Waals surface area contributed by atoms with Crippen LogP contribution in [0.25, 0.3) is 0 Å². The van der Waals surface area contributed by atoms with E-state index in [-0.39, 0.29) is 36.2 Å². The maximum absolute atomic E-state index is 12.5. The van der Waals surface area contributed by atoms with E-state index in [0.29, 0.717) is 5.69 Å². The van der Waals surface area contributed by atoms with Crippen LogP contribution in [0, 0.1) is 13.8 Å². The van der Waals surface area contributed by atoms with E-state index < -0.39 is 5.91 Å². The maximum atomic E-state index is 12.5. The second kappa shape index (κ2) is 8.82. The summed E-state index contributed by atoms with van der Waals surface area (Å²) >= 11 is 0. The molecule has 0 aliphatic heterocycles. The molecule has 1 aliphatic carbocycles. The van der Waals surface area contributed by atoms with Crippen molar-refractivity contribution in [3.63, 3.8) is 0 Å². The van der Waals surface area contributed by atoms with E-state index in [1.54, 1.807) is 0 Å². The number of aromatic nitrogens is 2. The van der Waals surface area contributed by atoms with Gasteiger partial charge in [-0.1, -0.05) is 18.9 Å². The molecule has 1 aliphatic rings. The van der Waals surface area contributed by atoms with Gasteiger partial charge in [0.15, 0.2) is 0 Å². The first-order valence-electron chi connectivity index (χ1n) is 9.68. The molecule has 7 nitrogen and oxygen atoms in total. The smallest absolute Gasteiger partial charge is 0.276 e. The molecule has 0 bridgehead atoms. The molecule has 1 fully saturated rings. The molecular weight excluding hydrogens is 356 g/mol. The molecule has 0 atom stereocenters. The average molecular weight is 382 g/mol. The van der Waals surface area contributed by atoms with Crippen LogP contribution in [0.15, 0.2) is 35.1 Å². The van der Waals surface area contributed by atoms with Crippen molar-refractivity contribution in [2.45, 2.75) is 58.5 Å². The quantitative estimate of drug-likeness (QED) is 0.803. The minimum Gasteiger partial charge on any atom is -0.353 e. The van der Waals surface area contributed by atoms with Gasteiger partial charge >= 0.3 is 0 Å². The van der Waals surface area contributed by atoms with E-state index in [0.717, 1.165) is 36.8 Å². The molecule has 2 amide bonds. The van der Waals surface area contributed by atoms with Crippen molar-refractivity contribution >= 4 is 17.5 Å². The Hall–Kier alpha value is -2.96. The Morgan fingerprint density at radius 1 is 1.11 bits per heavy atom. The third kappa shape index (κ3) is 5.06. The molecular formula is C21H26N4O3. The number of hydrogen-bond acceptors (Lipinski definition) is 4. The van der Waals surface area contributed by atoms with Crippen LogP contribution in [0.2, 0.25) is 0 Å². The van der Waals surface area contributed by atoms with Crippen LogP contribution in [0.4, 0.5) is 5.69 Å². The largest absolute Gasteiger partial charge is 0.353 e. The summed E-state index contributed by atoms with van der Waals surface area (Å²) in [6, 6.07) is 8.58. The van der Waals surface area contributed by atoms with Crippen LogP contribution in [0.3, 0.4) is 0 Å². The minimum absolute atomic E-state index is 0.0921. The van der Waals surface area contributed by atoms with Gasteiger partial charge in [0.25, 0.3) is 11.5 Å². The van der Waals surface area contributed by atoms with Crippen LogP contribution in [0.1, 0.15) is 53.7 Å². The zero-order chi connectivity index (χ0) is 20.1. The van der Waals surface area contributed by atoms with E-state index in [9.17, 15) is 14.4 Å². The summed E-state index contributed by atoms with van der Waals surface area (Å²) in [6.07, 6.45) is 4.47. The van der Waals surface area contributed by atoms with Gasteiger partial charge in [-0.15, -0.1) is 0 Å². The number of hydrogen-bond donors (Lipinski definition) is 2. The van der Waals surface area contributed by atoms with Crippen molar-refractivity contribution in [2.75, 3.05) is 5.32 Å². The topological polar surface area (TPSA) is 93.1 Å². The normalized spacial score (nSPS) is 14.1. The molecule has 2 aromatic rings. The Kier molecular flexibility index (Phi) is 6.23. The van der Waals surface area contributed by atoms with Crippen molar-refractivity contribution < 1.29 is 9.59 Å². The highest BCUT2D eigenvalue weighted by Crippen LogP contribution is 2.17. The molecule has 1 saturated carbocycles. The Balaban J connectivity index is 1.63. The molecule has 0 spiro atoms. The zero-order valence-electron chi connectivity index (χ0n) is 16.3. The second-order valence-electron chi connectivity index (χ2n) is 7.33. The summed E-state index contributed by atoms with van der Waals surface area (Å²) < 4.78 is 1.17. The summed E-state index contributed by atoms with van der Waals surface area (Å²) in [7, 11) is 0.